The van der Waals surface area contributed by atoms with Crippen molar-refractivity contribution >= 4 is 51.5 Å². The summed E-state index contributed by atoms with van der Waals surface area (Å²) < 4.78 is 0. The first-order valence-electron chi connectivity index (χ1n) is 10.1. The first-order chi connectivity index (χ1) is 15.2. The lowest BCUT2D eigenvalue weighted by Gasteiger charge is -2.04. The van der Waals surface area contributed by atoms with Crippen LogP contribution in [0.2, 0.25) is 0 Å². The van der Waals surface area contributed by atoms with Gasteiger partial charge in [-0.2, -0.15) is 0 Å². The van der Waals surface area contributed by atoms with Crippen molar-refractivity contribution in [3.8, 4) is 0 Å². The van der Waals surface area contributed by atoms with Crippen molar-refractivity contribution in [3.63, 3.8) is 0 Å². The summed E-state index contributed by atoms with van der Waals surface area (Å²) in [5.74, 6) is 0. The van der Waals surface area contributed by atoms with E-state index in [4.69, 9.17) is 15.0 Å². The molecule has 0 saturated heterocycles. The zero-order valence-electron chi connectivity index (χ0n) is 16.8. The molecule has 5 aliphatic rings. The van der Waals surface area contributed by atoms with Crippen LogP contribution in [0.3, 0.4) is 0 Å². The summed E-state index contributed by atoms with van der Waals surface area (Å²) in [5, 5.41) is 0. The van der Waals surface area contributed by atoms with Gasteiger partial charge in [-0.25, -0.2) is 20.0 Å². The van der Waals surface area contributed by atoms with Gasteiger partial charge in [0.25, 0.3) is 0 Å². The van der Waals surface area contributed by atoms with Crippen LogP contribution >= 0.6 is 0 Å². The lowest BCUT2D eigenvalue weighted by Crippen LogP contribution is -1.99. The zero-order valence-corrected chi connectivity index (χ0v) is 16.8. The molecule has 1 aromatic rings. The lowest BCUT2D eigenvalue weighted by atomic mass is 10.0. The zero-order chi connectivity index (χ0) is 20.8. The molecule has 0 aliphatic carbocycles. The van der Waals surface area contributed by atoms with Gasteiger partial charge in [0.05, 0.1) is 51.3 Å². The maximum atomic E-state index is 4.93. The van der Waals surface area contributed by atoms with Gasteiger partial charge >= 0.3 is 23.1 Å². The van der Waals surface area contributed by atoms with Crippen molar-refractivity contribution in [2.24, 2.45) is 20.0 Å². The first kappa shape index (κ1) is 20.4. The smallest absolute Gasteiger partial charge is 0.256 e. The predicted molar refractivity (Wildman–Crippen MR) is 135 cm³/mol. The van der Waals surface area contributed by atoms with Crippen LogP contribution in [0.4, 0.5) is 0 Å². The van der Waals surface area contributed by atoms with E-state index >= 15 is 0 Å². The Morgan fingerprint density at radius 1 is 0.625 bits per heavy atom. The van der Waals surface area contributed by atoms with Crippen LogP contribution in [0.15, 0.2) is 133 Å². The third kappa shape index (κ3) is 3.79. The standard InChI is InChI=1S/C26H17N5.Mg.2H/c1-16-24-14-21-9-7-19(29-21)12-17-5-6-18(28-17)13-20-8-10-22(30-20)15-25(31-24)26(16)23-4-2-3-11-27-23;;;/h2-15H,1H3;;;. The summed E-state index contributed by atoms with van der Waals surface area (Å²) >= 11 is 0. The Bertz CT molecular complexity index is 1400. The van der Waals surface area contributed by atoms with E-state index in [9.17, 15) is 0 Å². The fourth-order valence-corrected chi connectivity index (χ4v) is 3.92. The summed E-state index contributed by atoms with van der Waals surface area (Å²) in [4.78, 5) is 23.6. The summed E-state index contributed by atoms with van der Waals surface area (Å²) in [6, 6.07) is 5.92. The lowest BCUT2D eigenvalue weighted by molar-refractivity contribution is 1.27. The van der Waals surface area contributed by atoms with Gasteiger partial charge in [-0.3, -0.25) is 4.98 Å². The van der Waals surface area contributed by atoms with E-state index in [1.54, 1.807) is 6.20 Å². The van der Waals surface area contributed by atoms with Crippen LogP contribution in [0.1, 0.15) is 12.6 Å². The second-order valence-electron chi connectivity index (χ2n) is 7.56. The number of nitrogens with zero attached hydrogens (tertiary/aromatic N) is 5. The van der Waals surface area contributed by atoms with E-state index in [1.807, 2.05) is 79.0 Å². The number of rotatable bonds is 1. The van der Waals surface area contributed by atoms with Crippen molar-refractivity contribution in [1.29, 1.82) is 0 Å². The topological polar surface area (TPSA) is 62.3 Å². The average Bonchev–Trinajstić information content (AvgIpc) is 3.55. The molecule has 6 heterocycles. The molecule has 0 unspecified atom stereocenters. The Hall–Kier alpha value is -3.48. The van der Waals surface area contributed by atoms with E-state index in [0.29, 0.717) is 0 Å². The highest BCUT2D eigenvalue weighted by Crippen LogP contribution is 2.33. The summed E-state index contributed by atoms with van der Waals surface area (Å²) in [7, 11) is 0. The molecule has 6 heteroatoms. The van der Waals surface area contributed by atoms with Gasteiger partial charge in [-0.1, -0.05) is 6.07 Å². The van der Waals surface area contributed by atoms with Crippen LogP contribution in [0.25, 0.3) is 5.57 Å². The molecule has 0 atom stereocenters. The maximum Gasteiger partial charge on any atom is 0.316 e. The van der Waals surface area contributed by atoms with Crippen LogP contribution < -0.4 is 0 Å². The van der Waals surface area contributed by atoms with Gasteiger partial charge in [-0.05, 0) is 85.4 Å². The fourth-order valence-electron chi connectivity index (χ4n) is 3.92. The van der Waals surface area contributed by atoms with Crippen molar-refractivity contribution in [1.82, 2.24) is 4.98 Å². The van der Waals surface area contributed by atoms with E-state index in [1.165, 1.54) is 0 Å². The third-order valence-electron chi connectivity index (χ3n) is 5.39. The Labute approximate surface area is 202 Å². The highest BCUT2D eigenvalue weighted by molar-refractivity contribution is 6.33. The molecule has 0 radical (unpaired) electrons. The average molecular weight is 426 g/mol. The number of allylic oxidation sites excluding steroid dienone is 12. The number of aliphatic imine (C=N–C) groups is 4. The van der Waals surface area contributed by atoms with E-state index in [0.717, 1.165) is 62.5 Å². The van der Waals surface area contributed by atoms with E-state index in [-0.39, 0.29) is 23.1 Å². The van der Waals surface area contributed by atoms with Crippen LogP contribution in [0.5, 0.6) is 0 Å². The highest BCUT2D eigenvalue weighted by atomic mass is 24.3. The number of fused-ring (bicyclic) bond motifs is 4. The molecule has 5 aliphatic heterocycles. The normalized spacial score (nSPS) is 20.2. The number of hydrogen-bond acceptors (Lipinski definition) is 5. The highest BCUT2D eigenvalue weighted by Gasteiger charge is 2.23. The largest absolute Gasteiger partial charge is 0.316 e. The quantitative estimate of drug-likeness (QED) is 0.628. The van der Waals surface area contributed by atoms with Crippen molar-refractivity contribution < 1.29 is 0 Å². The SMILES string of the molecule is CC1=C(c2ccccn2)C2=NC1=CC1=NC(=CC3=NC(=CC4=NC(=C2)C=C4)C=C3)C=C1.[MgH2]. The Morgan fingerprint density at radius 3 is 1.81 bits per heavy atom. The maximum absolute atomic E-state index is 4.93. The van der Waals surface area contributed by atoms with Crippen molar-refractivity contribution in [2.45, 2.75) is 6.92 Å². The van der Waals surface area contributed by atoms with Crippen LogP contribution in [0, 0.1) is 0 Å². The molecule has 32 heavy (non-hydrogen) atoms. The Kier molecular flexibility index (Phi) is 5.25. The molecule has 1 aromatic heterocycles. The third-order valence-corrected chi connectivity index (χ3v) is 5.39. The molecule has 8 bridgehead atoms. The summed E-state index contributed by atoms with van der Waals surface area (Å²) in [6.45, 7) is 2.08. The summed E-state index contributed by atoms with van der Waals surface area (Å²) in [5.41, 5.74) is 9.94. The monoisotopic (exact) mass is 425 g/mol. The molecule has 0 saturated carbocycles. The summed E-state index contributed by atoms with van der Waals surface area (Å²) in [6.07, 6.45) is 21.8. The second kappa shape index (κ2) is 8.22. The van der Waals surface area contributed by atoms with Gasteiger partial charge in [0.15, 0.2) is 0 Å². The van der Waals surface area contributed by atoms with E-state index < -0.39 is 0 Å². The molecule has 6 rings (SSSR count). The molecular formula is C26H19MgN5. The molecule has 0 N–H and O–H groups in total. The minimum absolute atomic E-state index is 0. The van der Waals surface area contributed by atoms with Gasteiger partial charge in [0, 0.05) is 11.8 Å². The molecule has 5 nitrogen and oxygen atoms in total. The molecule has 0 aromatic carbocycles. The number of hydrogen-bond donors (Lipinski definition) is 0. The van der Waals surface area contributed by atoms with Gasteiger partial charge in [-0.15, -0.1) is 0 Å². The van der Waals surface area contributed by atoms with Gasteiger partial charge in [0.1, 0.15) is 0 Å². The number of aromatic nitrogens is 1. The first-order valence-corrected chi connectivity index (χ1v) is 10.1. The van der Waals surface area contributed by atoms with Gasteiger partial charge < -0.3 is 0 Å². The number of pyridine rings is 1. The molecule has 0 fully saturated rings. The second-order valence-corrected chi connectivity index (χ2v) is 7.56. The van der Waals surface area contributed by atoms with Crippen molar-refractivity contribution in [2.75, 3.05) is 0 Å². The fraction of sp³-hybridized carbons (Fsp3) is 0.0385. The predicted octanol–water partition coefficient (Wildman–Crippen LogP) is 3.98. The molecule has 0 amide bonds. The molecule has 150 valence electrons. The molecule has 0 spiro atoms. The van der Waals surface area contributed by atoms with E-state index in [2.05, 4.69) is 16.9 Å². The van der Waals surface area contributed by atoms with Crippen LogP contribution in [-0.2, 0) is 0 Å². The Morgan fingerprint density at radius 2 is 1.22 bits per heavy atom. The Balaban J connectivity index is 0.00000216. The molecular weight excluding hydrogens is 407 g/mol. The van der Waals surface area contributed by atoms with Gasteiger partial charge in [0.2, 0.25) is 0 Å². The van der Waals surface area contributed by atoms with Crippen molar-refractivity contribution in [3.05, 3.63) is 119 Å². The van der Waals surface area contributed by atoms with Crippen LogP contribution in [-0.4, -0.2) is 50.9 Å². The minimum atomic E-state index is 0. The minimum Gasteiger partial charge on any atom is -0.256 e.